The van der Waals surface area contributed by atoms with Crippen LogP contribution in [0.3, 0.4) is 0 Å². The number of hydrogen-bond donors (Lipinski definition) is 2. The number of benzene rings is 2. The van der Waals surface area contributed by atoms with Crippen LogP contribution in [-0.2, 0) is 6.54 Å². The summed E-state index contributed by atoms with van der Waals surface area (Å²) < 4.78 is 0. The van der Waals surface area contributed by atoms with Gasteiger partial charge in [0.2, 0.25) is 0 Å². The fourth-order valence-corrected chi connectivity index (χ4v) is 1.76. The SMILES string of the molecule is O=C(NCc1cc(Cl)ccc1O)c1ccccc1. The van der Waals surface area contributed by atoms with Gasteiger partial charge >= 0.3 is 0 Å². The van der Waals surface area contributed by atoms with Crippen molar-refractivity contribution in [3.63, 3.8) is 0 Å². The molecule has 2 N–H and O–H groups in total. The average Bonchev–Trinajstić information content (AvgIpc) is 2.40. The fourth-order valence-electron chi connectivity index (χ4n) is 1.56. The number of carbonyl (C=O) groups is 1. The summed E-state index contributed by atoms with van der Waals surface area (Å²) in [6.07, 6.45) is 0. The molecule has 92 valence electrons. The van der Waals surface area contributed by atoms with Gasteiger partial charge in [-0.3, -0.25) is 4.79 Å². The first-order chi connectivity index (χ1) is 8.66. The van der Waals surface area contributed by atoms with E-state index in [-0.39, 0.29) is 18.2 Å². The van der Waals surface area contributed by atoms with Crippen LogP contribution in [-0.4, -0.2) is 11.0 Å². The Balaban J connectivity index is 2.04. The van der Waals surface area contributed by atoms with Crippen LogP contribution in [0.4, 0.5) is 0 Å². The molecule has 0 aliphatic heterocycles. The minimum absolute atomic E-state index is 0.118. The van der Waals surface area contributed by atoms with Crippen molar-refractivity contribution in [3.05, 3.63) is 64.7 Å². The molecule has 2 aromatic rings. The Morgan fingerprint density at radius 1 is 1.17 bits per heavy atom. The van der Waals surface area contributed by atoms with Crippen LogP contribution < -0.4 is 5.32 Å². The van der Waals surface area contributed by atoms with E-state index in [0.29, 0.717) is 16.1 Å². The maximum Gasteiger partial charge on any atom is 0.251 e. The van der Waals surface area contributed by atoms with Crippen LogP contribution in [0.5, 0.6) is 5.75 Å². The second-order valence-corrected chi connectivity index (χ2v) is 4.26. The number of hydrogen-bond acceptors (Lipinski definition) is 2. The highest BCUT2D eigenvalue weighted by Gasteiger charge is 2.06. The summed E-state index contributed by atoms with van der Waals surface area (Å²) in [6.45, 7) is 0.236. The summed E-state index contributed by atoms with van der Waals surface area (Å²) in [7, 11) is 0. The molecule has 0 saturated heterocycles. The van der Waals surface area contributed by atoms with E-state index in [1.165, 1.54) is 6.07 Å². The summed E-state index contributed by atoms with van der Waals surface area (Å²) >= 11 is 5.83. The van der Waals surface area contributed by atoms with Crippen molar-refractivity contribution in [2.75, 3.05) is 0 Å². The molecule has 4 heteroatoms. The van der Waals surface area contributed by atoms with E-state index < -0.39 is 0 Å². The molecule has 2 aromatic carbocycles. The van der Waals surface area contributed by atoms with Gasteiger partial charge in [0.1, 0.15) is 5.75 Å². The number of amides is 1. The highest BCUT2D eigenvalue weighted by Crippen LogP contribution is 2.21. The largest absolute Gasteiger partial charge is 0.508 e. The quantitative estimate of drug-likeness (QED) is 0.892. The molecule has 0 aromatic heterocycles. The first-order valence-corrected chi connectivity index (χ1v) is 5.85. The second-order valence-electron chi connectivity index (χ2n) is 3.82. The van der Waals surface area contributed by atoms with Gasteiger partial charge in [-0.15, -0.1) is 0 Å². The standard InChI is InChI=1S/C14H12ClNO2/c15-12-6-7-13(17)11(8-12)9-16-14(18)10-4-2-1-3-5-10/h1-8,17H,9H2,(H,16,18). The molecule has 0 bridgehead atoms. The van der Waals surface area contributed by atoms with Gasteiger partial charge < -0.3 is 10.4 Å². The van der Waals surface area contributed by atoms with Crippen LogP contribution in [0.1, 0.15) is 15.9 Å². The number of carbonyl (C=O) groups excluding carboxylic acids is 1. The molecule has 0 unspecified atom stereocenters. The Hall–Kier alpha value is -2.00. The summed E-state index contributed by atoms with van der Waals surface area (Å²) in [4.78, 5) is 11.8. The van der Waals surface area contributed by atoms with E-state index in [1.807, 2.05) is 6.07 Å². The highest BCUT2D eigenvalue weighted by atomic mass is 35.5. The molecule has 0 heterocycles. The van der Waals surface area contributed by atoms with Crippen LogP contribution in [0.15, 0.2) is 48.5 Å². The Morgan fingerprint density at radius 2 is 1.89 bits per heavy atom. The summed E-state index contributed by atoms with van der Waals surface area (Å²) in [5, 5.41) is 12.9. The van der Waals surface area contributed by atoms with E-state index in [4.69, 9.17) is 11.6 Å². The third kappa shape index (κ3) is 3.02. The maximum absolute atomic E-state index is 11.8. The van der Waals surface area contributed by atoms with E-state index in [9.17, 15) is 9.90 Å². The molecular formula is C14H12ClNO2. The van der Waals surface area contributed by atoms with Crippen molar-refractivity contribution in [1.82, 2.24) is 5.32 Å². The number of nitrogens with one attached hydrogen (secondary N) is 1. The summed E-state index contributed by atoms with van der Waals surface area (Å²) in [5.74, 6) is -0.0669. The van der Waals surface area contributed by atoms with E-state index in [0.717, 1.165) is 0 Å². The molecule has 18 heavy (non-hydrogen) atoms. The summed E-state index contributed by atoms with van der Waals surface area (Å²) in [6, 6.07) is 13.6. The zero-order valence-corrected chi connectivity index (χ0v) is 10.3. The zero-order chi connectivity index (χ0) is 13.0. The number of phenolic OH excluding ortho intramolecular Hbond substituents is 1. The second kappa shape index (κ2) is 5.56. The first kappa shape index (κ1) is 12.5. The molecule has 0 aliphatic rings. The predicted molar refractivity (Wildman–Crippen MR) is 70.7 cm³/mol. The van der Waals surface area contributed by atoms with E-state index >= 15 is 0 Å². The van der Waals surface area contributed by atoms with Gasteiger partial charge in [0.25, 0.3) is 5.91 Å². The summed E-state index contributed by atoms with van der Waals surface area (Å²) in [5.41, 5.74) is 1.17. The van der Waals surface area contributed by atoms with Crippen molar-refractivity contribution in [3.8, 4) is 5.75 Å². The van der Waals surface area contributed by atoms with Crippen molar-refractivity contribution in [2.45, 2.75) is 6.54 Å². The van der Waals surface area contributed by atoms with Crippen molar-refractivity contribution < 1.29 is 9.90 Å². The van der Waals surface area contributed by atoms with Gasteiger partial charge in [-0.1, -0.05) is 29.8 Å². The molecule has 0 aliphatic carbocycles. The molecular weight excluding hydrogens is 250 g/mol. The Morgan fingerprint density at radius 3 is 2.61 bits per heavy atom. The monoisotopic (exact) mass is 261 g/mol. The van der Waals surface area contributed by atoms with Crippen LogP contribution >= 0.6 is 11.6 Å². The minimum atomic E-state index is -0.185. The topological polar surface area (TPSA) is 49.3 Å². The van der Waals surface area contributed by atoms with Crippen molar-refractivity contribution >= 4 is 17.5 Å². The number of aromatic hydroxyl groups is 1. The molecule has 0 atom stereocenters. The molecule has 3 nitrogen and oxygen atoms in total. The van der Waals surface area contributed by atoms with E-state index in [1.54, 1.807) is 36.4 Å². The number of halogens is 1. The Kier molecular flexibility index (Phi) is 3.85. The van der Waals surface area contributed by atoms with Gasteiger partial charge in [-0.05, 0) is 30.3 Å². The lowest BCUT2D eigenvalue weighted by Gasteiger charge is -2.07. The Labute approximate surface area is 110 Å². The fraction of sp³-hybridized carbons (Fsp3) is 0.0714. The predicted octanol–water partition coefficient (Wildman–Crippen LogP) is 2.98. The van der Waals surface area contributed by atoms with Gasteiger partial charge in [-0.2, -0.15) is 0 Å². The van der Waals surface area contributed by atoms with Gasteiger partial charge in [0, 0.05) is 22.7 Å². The first-order valence-electron chi connectivity index (χ1n) is 5.47. The average molecular weight is 262 g/mol. The third-order valence-electron chi connectivity index (χ3n) is 2.52. The molecule has 0 fully saturated rings. The van der Waals surface area contributed by atoms with Crippen LogP contribution in [0.25, 0.3) is 0 Å². The van der Waals surface area contributed by atoms with Crippen molar-refractivity contribution in [1.29, 1.82) is 0 Å². The van der Waals surface area contributed by atoms with Crippen molar-refractivity contribution in [2.24, 2.45) is 0 Å². The normalized spacial score (nSPS) is 10.1. The van der Waals surface area contributed by atoms with Gasteiger partial charge in [0.15, 0.2) is 0 Å². The molecule has 2 rings (SSSR count). The third-order valence-corrected chi connectivity index (χ3v) is 2.75. The van der Waals surface area contributed by atoms with Crippen LogP contribution in [0, 0.1) is 0 Å². The maximum atomic E-state index is 11.8. The van der Waals surface area contributed by atoms with Gasteiger partial charge in [-0.25, -0.2) is 0 Å². The lowest BCUT2D eigenvalue weighted by atomic mass is 10.2. The lowest BCUT2D eigenvalue weighted by molar-refractivity contribution is 0.0951. The molecule has 1 amide bonds. The highest BCUT2D eigenvalue weighted by molar-refractivity contribution is 6.30. The lowest BCUT2D eigenvalue weighted by Crippen LogP contribution is -2.22. The van der Waals surface area contributed by atoms with Gasteiger partial charge in [0.05, 0.1) is 0 Å². The molecule has 0 radical (unpaired) electrons. The van der Waals surface area contributed by atoms with E-state index in [2.05, 4.69) is 5.32 Å². The smallest absolute Gasteiger partial charge is 0.251 e. The zero-order valence-electron chi connectivity index (χ0n) is 9.56. The van der Waals surface area contributed by atoms with Crippen LogP contribution in [0.2, 0.25) is 5.02 Å². The molecule has 0 spiro atoms. The number of rotatable bonds is 3. The molecule has 0 saturated carbocycles. The Bertz CT molecular complexity index is 555. The number of phenols is 1. The minimum Gasteiger partial charge on any atom is -0.508 e.